The molecule has 18 heavy (non-hydrogen) atoms. The summed E-state index contributed by atoms with van der Waals surface area (Å²) >= 11 is 7.30. The van der Waals surface area contributed by atoms with Crippen LogP contribution in [-0.4, -0.2) is 20.5 Å². The number of thioether (sulfide) groups is 1. The van der Waals surface area contributed by atoms with Gasteiger partial charge in [-0.15, -0.1) is 10.2 Å². The second-order valence-corrected chi connectivity index (χ2v) is 5.56. The Morgan fingerprint density at radius 1 is 1.44 bits per heavy atom. The van der Waals surface area contributed by atoms with Crippen LogP contribution >= 0.6 is 23.4 Å². The van der Waals surface area contributed by atoms with Gasteiger partial charge in [0, 0.05) is 10.8 Å². The zero-order valence-corrected chi connectivity index (χ0v) is 11.9. The number of nitrogens with zero attached hydrogens (tertiary/aromatic N) is 3. The smallest absolute Gasteiger partial charge is 0.195 e. The number of benzene rings is 1. The first-order chi connectivity index (χ1) is 8.58. The first-order valence-electron chi connectivity index (χ1n) is 5.51. The van der Waals surface area contributed by atoms with E-state index in [2.05, 4.69) is 48.8 Å². The maximum atomic E-state index is 5.77. The van der Waals surface area contributed by atoms with Crippen LogP contribution in [0.15, 0.2) is 41.3 Å². The van der Waals surface area contributed by atoms with E-state index in [1.165, 1.54) is 22.9 Å². The lowest BCUT2D eigenvalue weighted by molar-refractivity contribution is 0.879. The third-order valence-corrected chi connectivity index (χ3v) is 3.81. The van der Waals surface area contributed by atoms with Gasteiger partial charge in [-0.05, 0) is 25.5 Å². The molecule has 0 aliphatic heterocycles. The van der Waals surface area contributed by atoms with Crippen molar-refractivity contribution in [2.24, 2.45) is 0 Å². The standard InChI is InChI=1S/C13H14ClN3S/c1-9-4-5-12(10(2)6-9)17-8-15-16-13(17)18-7-11(3)14/h4-6,8H,3,7H2,1-2H3. The summed E-state index contributed by atoms with van der Waals surface area (Å²) in [4.78, 5) is 0. The minimum absolute atomic E-state index is 0.607. The molecule has 0 spiro atoms. The molecule has 0 radical (unpaired) electrons. The minimum atomic E-state index is 0.607. The van der Waals surface area contributed by atoms with Gasteiger partial charge in [0.1, 0.15) is 6.33 Å². The maximum absolute atomic E-state index is 5.77. The zero-order chi connectivity index (χ0) is 13.1. The van der Waals surface area contributed by atoms with Gasteiger partial charge in [-0.2, -0.15) is 0 Å². The van der Waals surface area contributed by atoms with Crippen LogP contribution in [0.2, 0.25) is 0 Å². The van der Waals surface area contributed by atoms with Crippen molar-refractivity contribution in [3.8, 4) is 5.69 Å². The fourth-order valence-electron chi connectivity index (χ4n) is 1.71. The fourth-order valence-corrected chi connectivity index (χ4v) is 2.55. The van der Waals surface area contributed by atoms with Crippen LogP contribution in [0.1, 0.15) is 11.1 Å². The van der Waals surface area contributed by atoms with Gasteiger partial charge < -0.3 is 0 Å². The molecule has 2 rings (SSSR count). The van der Waals surface area contributed by atoms with Crippen LogP contribution < -0.4 is 0 Å². The quantitative estimate of drug-likeness (QED) is 0.799. The van der Waals surface area contributed by atoms with Crippen LogP contribution in [0.4, 0.5) is 0 Å². The lowest BCUT2D eigenvalue weighted by atomic mass is 10.1. The van der Waals surface area contributed by atoms with Crippen molar-refractivity contribution in [2.75, 3.05) is 5.75 Å². The second kappa shape index (κ2) is 5.59. The van der Waals surface area contributed by atoms with E-state index in [0.717, 1.165) is 10.8 Å². The summed E-state index contributed by atoms with van der Waals surface area (Å²) in [7, 11) is 0. The van der Waals surface area contributed by atoms with Crippen molar-refractivity contribution in [3.05, 3.63) is 47.3 Å². The molecule has 2 aromatic rings. The predicted octanol–water partition coefficient (Wildman–Crippen LogP) is 3.73. The Bertz CT molecular complexity index is 577. The first kappa shape index (κ1) is 13.2. The number of hydrogen-bond acceptors (Lipinski definition) is 3. The molecule has 3 nitrogen and oxygen atoms in total. The Kier molecular flexibility index (Phi) is 4.09. The Labute approximate surface area is 116 Å². The molecule has 0 saturated heterocycles. The highest BCUT2D eigenvalue weighted by molar-refractivity contribution is 7.99. The monoisotopic (exact) mass is 279 g/mol. The number of aromatic nitrogens is 3. The average Bonchev–Trinajstić information content (AvgIpc) is 2.74. The number of aryl methyl sites for hydroxylation is 2. The summed E-state index contributed by atoms with van der Waals surface area (Å²) < 4.78 is 1.97. The molecule has 0 amide bonds. The van der Waals surface area contributed by atoms with Gasteiger partial charge in [0.25, 0.3) is 0 Å². The van der Waals surface area contributed by atoms with E-state index in [1.807, 2.05) is 4.57 Å². The molecule has 1 aromatic carbocycles. The Morgan fingerprint density at radius 2 is 2.22 bits per heavy atom. The maximum Gasteiger partial charge on any atom is 0.195 e. The molecule has 0 atom stereocenters. The van der Waals surface area contributed by atoms with Crippen LogP contribution in [0.25, 0.3) is 5.69 Å². The molecule has 0 aliphatic carbocycles. The molecule has 94 valence electrons. The molecule has 0 N–H and O–H groups in total. The zero-order valence-electron chi connectivity index (χ0n) is 10.4. The highest BCUT2D eigenvalue weighted by Gasteiger charge is 2.09. The summed E-state index contributed by atoms with van der Waals surface area (Å²) in [6.45, 7) is 7.83. The van der Waals surface area contributed by atoms with Crippen molar-refractivity contribution in [3.63, 3.8) is 0 Å². The number of halogens is 1. The molecule has 0 bridgehead atoms. The van der Waals surface area contributed by atoms with E-state index in [4.69, 9.17) is 11.6 Å². The lowest BCUT2D eigenvalue weighted by Gasteiger charge is -2.09. The normalized spacial score (nSPS) is 10.6. The third kappa shape index (κ3) is 2.94. The van der Waals surface area contributed by atoms with Crippen molar-refractivity contribution in [1.29, 1.82) is 0 Å². The summed E-state index contributed by atoms with van der Waals surface area (Å²) in [5.74, 6) is 0.630. The summed E-state index contributed by atoms with van der Waals surface area (Å²) in [5, 5.41) is 9.49. The first-order valence-corrected chi connectivity index (χ1v) is 6.88. The van der Waals surface area contributed by atoms with Gasteiger partial charge in [-0.3, -0.25) is 4.57 Å². The van der Waals surface area contributed by atoms with E-state index in [1.54, 1.807) is 6.33 Å². The molecule has 1 heterocycles. The van der Waals surface area contributed by atoms with E-state index in [9.17, 15) is 0 Å². The molecule has 1 aromatic heterocycles. The van der Waals surface area contributed by atoms with Crippen LogP contribution in [0.5, 0.6) is 0 Å². The minimum Gasteiger partial charge on any atom is -0.276 e. The molecule has 0 unspecified atom stereocenters. The van der Waals surface area contributed by atoms with Gasteiger partial charge in [-0.25, -0.2) is 0 Å². The lowest BCUT2D eigenvalue weighted by Crippen LogP contribution is -1.98. The molecule has 0 aliphatic rings. The summed E-state index contributed by atoms with van der Waals surface area (Å²) in [6, 6.07) is 6.30. The van der Waals surface area contributed by atoms with Gasteiger partial charge in [-0.1, -0.05) is 47.6 Å². The van der Waals surface area contributed by atoms with Gasteiger partial charge in [0.05, 0.1) is 5.69 Å². The van der Waals surface area contributed by atoms with Crippen LogP contribution in [0.3, 0.4) is 0 Å². The summed E-state index contributed by atoms with van der Waals surface area (Å²) in [5.41, 5.74) is 3.53. The highest BCUT2D eigenvalue weighted by Crippen LogP contribution is 2.24. The highest BCUT2D eigenvalue weighted by atomic mass is 35.5. The molecular weight excluding hydrogens is 266 g/mol. The molecule has 0 saturated carbocycles. The third-order valence-electron chi connectivity index (χ3n) is 2.49. The Morgan fingerprint density at radius 3 is 2.89 bits per heavy atom. The van der Waals surface area contributed by atoms with E-state index >= 15 is 0 Å². The molecular formula is C13H14ClN3S. The van der Waals surface area contributed by atoms with Gasteiger partial charge in [0.15, 0.2) is 5.16 Å². The largest absolute Gasteiger partial charge is 0.276 e. The molecule has 5 heteroatoms. The summed E-state index contributed by atoms with van der Waals surface area (Å²) in [6.07, 6.45) is 1.72. The molecule has 0 fully saturated rings. The van der Waals surface area contributed by atoms with Gasteiger partial charge in [0.2, 0.25) is 0 Å². The second-order valence-electron chi connectivity index (χ2n) is 4.08. The fraction of sp³-hybridized carbons (Fsp3) is 0.231. The Hall–Kier alpha value is -1.26. The van der Waals surface area contributed by atoms with Crippen molar-refractivity contribution >= 4 is 23.4 Å². The Balaban J connectivity index is 2.33. The van der Waals surface area contributed by atoms with E-state index < -0.39 is 0 Å². The van der Waals surface area contributed by atoms with E-state index in [-0.39, 0.29) is 0 Å². The number of rotatable bonds is 4. The van der Waals surface area contributed by atoms with Gasteiger partial charge >= 0.3 is 0 Å². The van der Waals surface area contributed by atoms with Crippen molar-refractivity contribution in [1.82, 2.24) is 14.8 Å². The van der Waals surface area contributed by atoms with Crippen molar-refractivity contribution < 1.29 is 0 Å². The average molecular weight is 280 g/mol. The van der Waals surface area contributed by atoms with Crippen molar-refractivity contribution in [2.45, 2.75) is 19.0 Å². The topological polar surface area (TPSA) is 30.7 Å². The van der Waals surface area contributed by atoms with Crippen LogP contribution in [-0.2, 0) is 0 Å². The van der Waals surface area contributed by atoms with E-state index in [0.29, 0.717) is 10.8 Å². The SMILES string of the molecule is C=C(Cl)CSc1nncn1-c1ccc(C)cc1C. The number of hydrogen-bond donors (Lipinski definition) is 0. The predicted molar refractivity (Wildman–Crippen MR) is 76.6 cm³/mol. The van der Waals surface area contributed by atoms with Crippen LogP contribution in [0, 0.1) is 13.8 Å².